The van der Waals surface area contributed by atoms with Crippen molar-refractivity contribution in [2.75, 3.05) is 0 Å². The van der Waals surface area contributed by atoms with Crippen LogP contribution in [-0.2, 0) is 19.6 Å². The van der Waals surface area contributed by atoms with Crippen molar-refractivity contribution < 1.29 is 33.0 Å². The maximum Gasteiger partial charge on any atom is 0.326 e. The number of hydrogen-bond acceptors (Lipinski definition) is 5. The fraction of sp³-hybridized carbons (Fsp3) is 0.182. The van der Waals surface area contributed by atoms with Crippen molar-refractivity contribution in [3.8, 4) is 0 Å². The lowest BCUT2D eigenvalue weighted by molar-refractivity contribution is -0.145. The van der Waals surface area contributed by atoms with E-state index in [4.69, 9.17) is 27.0 Å². The number of primary sulfonamides is 1. The monoisotopic (exact) mass is 350 g/mol. The van der Waals surface area contributed by atoms with E-state index in [2.05, 4.69) is 0 Å². The van der Waals surface area contributed by atoms with E-state index in [1.807, 2.05) is 5.32 Å². The quantitative estimate of drug-likeness (QED) is 0.544. The summed E-state index contributed by atoms with van der Waals surface area (Å²) in [5.41, 5.74) is -0.231. The number of sulfonamides is 1. The molecule has 1 atom stereocenters. The van der Waals surface area contributed by atoms with E-state index in [9.17, 15) is 22.8 Å². The van der Waals surface area contributed by atoms with Crippen LogP contribution < -0.4 is 10.5 Å². The van der Waals surface area contributed by atoms with E-state index in [0.717, 1.165) is 18.2 Å². The largest absolute Gasteiger partial charge is 0.481 e. The van der Waals surface area contributed by atoms with Crippen LogP contribution in [0.4, 0.5) is 0 Å². The van der Waals surface area contributed by atoms with Gasteiger partial charge in [-0.1, -0.05) is 11.6 Å². The van der Waals surface area contributed by atoms with Crippen LogP contribution in [0.15, 0.2) is 23.1 Å². The molecule has 0 aliphatic heterocycles. The predicted octanol–water partition coefficient (Wildman–Crippen LogP) is -0.355. The Morgan fingerprint density at radius 3 is 2.32 bits per heavy atom. The molecule has 9 nitrogen and oxygen atoms in total. The van der Waals surface area contributed by atoms with E-state index in [0.29, 0.717) is 0 Å². The van der Waals surface area contributed by atoms with Crippen molar-refractivity contribution >= 4 is 39.5 Å². The Morgan fingerprint density at radius 2 is 1.86 bits per heavy atom. The van der Waals surface area contributed by atoms with Crippen LogP contribution in [0.2, 0.25) is 5.02 Å². The van der Waals surface area contributed by atoms with Gasteiger partial charge in [0.05, 0.1) is 11.4 Å². The molecule has 0 unspecified atom stereocenters. The lowest BCUT2D eigenvalue weighted by Crippen LogP contribution is -2.42. The number of aliphatic carboxylic acids is 2. The molecule has 0 spiro atoms. The molecule has 0 saturated heterocycles. The molecule has 1 rings (SSSR count). The first-order chi connectivity index (χ1) is 10.0. The highest BCUT2D eigenvalue weighted by molar-refractivity contribution is 7.89. The van der Waals surface area contributed by atoms with Gasteiger partial charge in [-0.15, -0.1) is 0 Å². The van der Waals surface area contributed by atoms with Crippen LogP contribution in [-0.4, -0.2) is 42.5 Å². The van der Waals surface area contributed by atoms with Crippen molar-refractivity contribution in [1.29, 1.82) is 0 Å². The second kappa shape index (κ2) is 6.73. The second-order valence-corrected chi connectivity index (χ2v) is 6.09. The minimum absolute atomic E-state index is 0.209. The minimum atomic E-state index is -4.18. The van der Waals surface area contributed by atoms with Crippen molar-refractivity contribution in [3.05, 3.63) is 28.8 Å². The van der Waals surface area contributed by atoms with Crippen LogP contribution in [0.5, 0.6) is 0 Å². The lowest BCUT2D eigenvalue weighted by atomic mass is 10.1. The zero-order valence-electron chi connectivity index (χ0n) is 10.8. The number of carbonyl (C=O) groups excluding carboxylic acids is 1. The molecule has 0 bridgehead atoms. The molecule has 1 aromatic carbocycles. The predicted molar refractivity (Wildman–Crippen MR) is 74.0 cm³/mol. The Labute approximate surface area is 129 Å². The third-order valence-electron chi connectivity index (χ3n) is 2.48. The number of nitrogens with two attached hydrogens (primary N) is 1. The summed E-state index contributed by atoms with van der Waals surface area (Å²) in [7, 11) is -4.18. The summed E-state index contributed by atoms with van der Waals surface area (Å²) in [5.74, 6) is -3.94. The number of benzene rings is 1. The van der Waals surface area contributed by atoms with Crippen molar-refractivity contribution in [2.45, 2.75) is 17.4 Å². The number of carbonyl (C=O) groups is 3. The topological polar surface area (TPSA) is 164 Å². The standard InChI is InChI=1S/C11H11ClN2O7S/c12-6-2-1-5(3-8(6)22(13,20)21)10(17)14-7(11(18)19)4-9(15)16/h1-3,7H,4H2,(H,14,17)(H,15,16)(H,18,19)(H2,13,20,21)/t7-/m0/s1. The molecule has 5 N–H and O–H groups in total. The SMILES string of the molecule is NS(=O)(=O)c1cc(C(=O)N[C@@H](CC(=O)O)C(=O)O)ccc1Cl. The number of hydrogen-bond donors (Lipinski definition) is 4. The van der Waals surface area contributed by atoms with E-state index in [-0.39, 0.29) is 10.6 Å². The van der Waals surface area contributed by atoms with Gasteiger partial charge in [0.2, 0.25) is 10.0 Å². The molecule has 0 radical (unpaired) electrons. The first-order valence-electron chi connectivity index (χ1n) is 5.60. The molecular weight excluding hydrogens is 340 g/mol. The van der Waals surface area contributed by atoms with Crippen LogP contribution in [0.1, 0.15) is 16.8 Å². The summed E-state index contributed by atoms with van der Waals surface area (Å²) in [6.45, 7) is 0. The molecule has 0 aromatic heterocycles. The second-order valence-electron chi connectivity index (χ2n) is 4.15. The number of carboxylic acids is 2. The fourth-order valence-electron chi connectivity index (χ4n) is 1.48. The molecule has 22 heavy (non-hydrogen) atoms. The maximum atomic E-state index is 11.9. The summed E-state index contributed by atoms with van der Waals surface area (Å²) >= 11 is 5.65. The molecule has 0 heterocycles. The van der Waals surface area contributed by atoms with E-state index in [1.165, 1.54) is 0 Å². The molecule has 1 amide bonds. The minimum Gasteiger partial charge on any atom is -0.481 e. The molecule has 1 aromatic rings. The number of amides is 1. The molecule has 0 aliphatic carbocycles. The molecule has 120 valence electrons. The zero-order valence-corrected chi connectivity index (χ0v) is 12.4. The molecule has 0 fully saturated rings. The third kappa shape index (κ3) is 4.69. The van der Waals surface area contributed by atoms with Gasteiger partial charge >= 0.3 is 11.9 Å². The molecule has 11 heteroatoms. The fourth-order valence-corrected chi connectivity index (χ4v) is 2.55. The van der Waals surface area contributed by atoms with Gasteiger partial charge in [0, 0.05) is 5.56 Å². The number of carboxylic acid groups (broad SMARTS) is 2. The summed E-state index contributed by atoms with van der Waals surface area (Å²) < 4.78 is 22.6. The summed E-state index contributed by atoms with van der Waals surface area (Å²) in [4.78, 5) is 32.8. The molecule has 0 saturated carbocycles. The highest BCUT2D eigenvalue weighted by Crippen LogP contribution is 2.21. The summed E-state index contributed by atoms with van der Waals surface area (Å²) in [5, 5.41) is 24.1. The Bertz CT molecular complexity index is 732. The van der Waals surface area contributed by atoms with Gasteiger partial charge in [-0.05, 0) is 18.2 Å². The van der Waals surface area contributed by atoms with Crippen LogP contribution in [0, 0.1) is 0 Å². The van der Waals surface area contributed by atoms with Gasteiger partial charge in [0.25, 0.3) is 5.91 Å². The molecule has 0 aliphatic rings. The van der Waals surface area contributed by atoms with Crippen molar-refractivity contribution in [1.82, 2.24) is 5.32 Å². The average molecular weight is 351 g/mol. The summed E-state index contributed by atoms with van der Waals surface area (Å²) in [6, 6.07) is 1.45. The number of rotatable bonds is 6. The first kappa shape index (κ1) is 17.9. The average Bonchev–Trinajstić information content (AvgIpc) is 2.36. The van der Waals surface area contributed by atoms with Crippen molar-refractivity contribution in [2.24, 2.45) is 5.14 Å². The first-order valence-corrected chi connectivity index (χ1v) is 7.52. The number of nitrogens with one attached hydrogen (secondary N) is 1. The normalized spacial score (nSPS) is 12.5. The van der Waals surface area contributed by atoms with Gasteiger partial charge in [-0.2, -0.15) is 0 Å². The molecular formula is C11H11ClN2O7S. The highest BCUT2D eigenvalue weighted by atomic mass is 35.5. The smallest absolute Gasteiger partial charge is 0.326 e. The Balaban J connectivity index is 3.08. The number of halogens is 1. The van der Waals surface area contributed by atoms with Gasteiger partial charge < -0.3 is 15.5 Å². The Hall–Kier alpha value is -2.17. The van der Waals surface area contributed by atoms with Gasteiger partial charge in [-0.3, -0.25) is 9.59 Å². The Kier molecular flexibility index (Phi) is 5.47. The van der Waals surface area contributed by atoms with Gasteiger partial charge in [0.15, 0.2) is 0 Å². The van der Waals surface area contributed by atoms with E-state index >= 15 is 0 Å². The zero-order chi connectivity index (χ0) is 17.1. The Morgan fingerprint density at radius 1 is 1.27 bits per heavy atom. The maximum absolute atomic E-state index is 11.9. The van der Waals surface area contributed by atoms with E-state index < -0.39 is 45.2 Å². The highest BCUT2D eigenvalue weighted by Gasteiger charge is 2.24. The van der Waals surface area contributed by atoms with Crippen LogP contribution in [0.3, 0.4) is 0 Å². The lowest BCUT2D eigenvalue weighted by Gasteiger charge is -2.13. The van der Waals surface area contributed by atoms with Crippen LogP contribution >= 0.6 is 11.6 Å². The summed E-state index contributed by atoms with van der Waals surface area (Å²) in [6.07, 6.45) is -0.837. The van der Waals surface area contributed by atoms with Crippen molar-refractivity contribution in [3.63, 3.8) is 0 Å². The third-order valence-corrected chi connectivity index (χ3v) is 3.87. The van der Waals surface area contributed by atoms with Gasteiger partial charge in [-0.25, -0.2) is 18.4 Å². The van der Waals surface area contributed by atoms with E-state index in [1.54, 1.807) is 0 Å². The van der Waals surface area contributed by atoms with Crippen LogP contribution in [0.25, 0.3) is 0 Å². The van der Waals surface area contributed by atoms with Gasteiger partial charge in [0.1, 0.15) is 10.9 Å².